The van der Waals surface area contributed by atoms with Gasteiger partial charge in [0.2, 0.25) is 5.78 Å². The van der Waals surface area contributed by atoms with Crippen LogP contribution in [-0.2, 0) is 21.7 Å². The number of nitrogens with zero attached hydrogens (tertiary/aromatic N) is 7. The number of aromatic nitrogens is 6. The van der Waals surface area contributed by atoms with Crippen LogP contribution < -0.4 is 10.6 Å². The molecule has 0 bridgehead atoms. The van der Waals surface area contributed by atoms with E-state index < -0.39 is 0 Å². The number of benzene rings is 13. The van der Waals surface area contributed by atoms with Crippen molar-refractivity contribution in [2.45, 2.75) is 105 Å². The van der Waals surface area contributed by atoms with E-state index in [1.54, 1.807) is 0 Å². The molecular formula is C97H85N9. The highest BCUT2D eigenvalue weighted by Gasteiger charge is 2.31. The predicted molar refractivity (Wildman–Crippen MR) is 445 cm³/mol. The maximum atomic E-state index is 13.1. The molecule has 0 aliphatic heterocycles. The minimum absolute atomic E-state index is 0.119. The number of hydrogen-bond acceptors (Lipinski definition) is 5. The first kappa shape index (κ1) is 66.7. The van der Waals surface area contributed by atoms with Gasteiger partial charge in [0.15, 0.2) is 0 Å². The molecule has 0 aliphatic rings. The first-order chi connectivity index (χ1) is 51.0. The van der Waals surface area contributed by atoms with Gasteiger partial charge in [0.05, 0.1) is 66.8 Å². The van der Waals surface area contributed by atoms with E-state index in [0.29, 0.717) is 5.56 Å². The Balaban J connectivity index is 1.03. The van der Waals surface area contributed by atoms with Crippen molar-refractivity contribution in [3.63, 3.8) is 0 Å². The smallest absolute Gasteiger partial charge is 0.220 e. The third-order valence-electron chi connectivity index (χ3n) is 21.3. The van der Waals surface area contributed by atoms with Crippen LogP contribution in [0.25, 0.3) is 133 Å². The standard InChI is InChI=1S/C97H85N9/c1-94(2,3)68-31-25-30-65(50-68)74-55-69(95(4,5)6)40-46-78(74)101-82-58-90(105-83-48-41-70(96(7,8)9)56-75(83)76-57-71(97(10,11)12)42-49-84(76)105)92(67-39-47-85-89(54-67)106-88-52-64(62-28-19-14-20-29-62)37-44-81(88)102-93(106)104(85)73-34-23-16-24-35-73)77(59-98)91(82)66-38-45-80(100-72-32-21-15-22-33-72)87(53-66)103-60-99-79-43-36-63(51-86(79)103)61-26-17-13-18-27-61/h13-58,60,100-101H,1-12H3. The molecule has 0 aliphatic carbocycles. The summed E-state index contributed by atoms with van der Waals surface area (Å²) < 4.78 is 9.23. The van der Waals surface area contributed by atoms with E-state index in [-0.39, 0.29) is 21.7 Å². The fourth-order valence-electron chi connectivity index (χ4n) is 15.4. The quantitative estimate of drug-likeness (QED) is 0.127. The van der Waals surface area contributed by atoms with E-state index in [1.807, 2.05) is 12.4 Å². The third-order valence-corrected chi connectivity index (χ3v) is 21.3. The largest absolute Gasteiger partial charge is 0.354 e. The minimum atomic E-state index is -0.174. The number of hydrogen-bond donors (Lipinski definition) is 2. The molecule has 0 spiro atoms. The summed E-state index contributed by atoms with van der Waals surface area (Å²) in [5, 5.41) is 23.5. The summed E-state index contributed by atoms with van der Waals surface area (Å²) >= 11 is 0. The van der Waals surface area contributed by atoms with Gasteiger partial charge in [-0.05, 0) is 198 Å². The van der Waals surface area contributed by atoms with E-state index in [1.165, 1.54) is 22.3 Å². The van der Waals surface area contributed by atoms with Gasteiger partial charge in [-0.3, -0.25) is 13.5 Å². The van der Waals surface area contributed by atoms with Gasteiger partial charge in [-0.1, -0.05) is 247 Å². The zero-order chi connectivity index (χ0) is 73.1. The Bertz CT molecular complexity index is 6280. The molecular weight excluding hydrogens is 1290 g/mol. The number of anilines is 4. The van der Waals surface area contributed by atoms with Crippen molar-refractivity contribution in [2.75, 3.05) is 10.6 Å². The Morgan fingerprint density at radius 2 is 0.849 bits per heavy atom. The van der Waals surface area contributed by atoms with Gasteiger partial charge in [-0.25, -0.2) is 9.97 Å². The number of fused-ring (bicyclic) bond motifs is 9. The number of rotatable bonds is 12. The second-order valence-corrected chi connectivity index (χ2v) is 32.5. The Kier molecular flexibility index (Phi) is 16.0. The Hall–Kier alpha value is -12.5. The first-order valence-corrected chi connectivity index (χ1v) is 36.8. The maximum Gasteiger partial charge on any atom is 0.220 e. The summed E-state index contributed by atoms with van der Waals surface area (Å²) in [6, 6.07) is 104. The van der Waals surface area contributed by atoms with Crippen LogP contribution in [0.1, 0.15) is 111 Å². The molecule has 0 atom stereocenters. The van der Waals surface area contributed by atoms with Crippen LogP contribution >= 0.6 is 0 Å². The molecule has 2 N–H and O–H groups in total. The number of nitriles is 1. The van der Waals surface area contributed by atoms with Crippen molar-refractivity contribution in [3.8, 4) is 78.8 Å². The van der Waals surface area contributed by atoms with E-state index >= 15 is 0 Å². The lowest BCUT2D eigenvalue weighted by Gasteiger charge is -2.26. The zero-order valence-electron chi connectivity index (χ0n) is 62.3. The lowest BCUT2D eigenvalue weighted by Crippen LogP contribution is -2.12. The highest BCUT2D eigenvalue weighted by Crippen LogP contribution is 2.50. The molecule has 17 rings (SSSR count). The van der Waals surface area contributed by atoms with Crippen LogP contribution in [0.4, 0.5) is 22.7 Å². The monoisotopic (exact) mass is 1380 g/mol. The summed E-state index contributed by atoms with van der Waals surface area (Å²) in [4.78, 5) is 10.6. The molecule has 0 radical (unpaired) electrons. The van der Waals surface area contributed by atoms with Crippen LogP contribution in [0, 0.1) is 11.3 Å². The molecule has 9 heteroatoms. The van der Waals surface area contributed by atoms with Gasteiger partial charge < -0.3 is 15.2 Å². The second kappa shape index (κ2) is 25.4. The van der Waals surface area contributed by atoms with Crippen LogP contribution in [0.15, 0.2) is 285 Å². The molecule has 4 heterocycles. The minimum Gasteiger partial charge on any atom is -0.354 e. The molecule has 518 valence electrons. The van der Waals surface area contributed by atoms with E-state index in [2.05, 4.69) is 391 Å². The SMILES string of the molecule is CC(C)(C)c1cccc(-c2cc(C(C)(C)C)ccc2Nc2cc(-n3c4ccc(C(C)(C)C)cc4c4cc(C(C)(C)C)ccc43)c(-c3ccc4c(c3)n3c5cc(-c6ccccc6)ccc5nc3n4-c3ccccc3)c(C#N)c2-c2ccc(Nc3ccccc3)c(-n3cnc4ccc(-c5ccccc5)cc43)c2)c1. The maximum absolute atomic E-state index is 13.1. The van der Waals surface area contributed by atoms with E-state index in [4.69, 9.17) is 9.97 Å². The molecule has 0 fully saturated rings. The summed E-state index contributed by atoms with van der Waals surface area (Å²) in [5.41, 5.74) is 28.3. The third kappa shape index (κ3) is 11.8. The van der Waals surface area contributed by atoms with Crippen molar-refractivity contribution >= 4 is 83.4 Å². The number of nitrogens with one attached hydrogen (secondary N) is 2. The van der Waals surface area contributed by atoms with Crippen molar-refractivity contribution in [3.05, 3.63) is 313 Å². The van der Waals surface area contributed by atoms with Crippen molar-refractivity contribution in [1.29, 1.82) is 5.26 Å². The Labute approximate surface area is 620 Å². The average Bonchev–Trinajstić information content (AvgIpc) is 1.51. The second-order valence-electron chi connectivity index (χ2n) is 32.5. The van der Waals surface area contributed by atoms with Crippen molar-refractivity contribution in [2.24, 2.45) is 0 Å². The molecule has 13 aromatic carbocycles. The van der Waals surface area contributed by atoms with E-state index in [0.717, 1.165) is 156 Å². The Morgan fingerprint density at radius 3 is 1.47 bits per heavy atom. The van der Waals surface area contributed by atoms with Crippen LogP contribution in [-0.4, -0.2) is 28.1 Å². The summed E-state index contributed by atoms with van der Waals surface area (Å²) in [6.45, 7) is 27.4. The van der Waals surface area contributed by atoms with Crippen LogP contribution in [0.2, 0.25) is 0 Å². The van der Waals surface area contributed by atoms with Crippen LogP contribution in [0.5, 0.6) is 0 Å². The van der Waals surface area contributed by atoms with Crippen molar-refractivity contribution in [1.82, 2.24) is 28.1 Å². The lowest BCUT2D eigenvalue weighted by atomic mass is 9.83. The van der Waals surface area contributed by atoms with Crippen molar-refractivity contribution < 1.29 is 0 Å². The van der Waals surface area contributed by atoms with E-state index in [9.17, 15) is 5.26 Å². The van der Waals surface area contributed by atoms with Gasteiger partial charge >= 0.3 is 0 Å². The number of para-hydroxylation sites is 2. The molecule has 0 saturated carbocycles. The average molecular weight is 1380 g/mol. The van der Waals surface area contributed by atoms with Crippen LogP contribution in [0.3, 0.4) is 0 Å². The summed E-state index contributed by atoms with van der Waals surface area (Å²) in [5.74, 6) is 0.784. The molecule has 9 nitrogen and oxygen atoms in total. The molecule has 0 saturated heterocycles. The topological polar surface area (TPSA) is 92.8 Å². The fraction of sp³-hybridized carbons (Fsp3) is 0.165. The summed E-state index contributed by atoms with van der Waals surface area (Å²) in [6.07, 6.45) is 1.93. The fourth-order valence-corrected chi connectivity index (χ4v) is 15.4. The molecule has 106 heavy (non-hydrogen) atoms. The Morgan fingerprint density at radius 1 is 0.340 bits per heavy atom. The zero-order valence-corrected chi connectivity index (χ0v) is 62.3. The molecule has 0 amide bonds. The number of imidazole rings is 3. The highest BCUT2D eigenvalue weighted by molar-refractivity contribution is 6.12. The van der Waals surface area contributed by atoms with Gasteiger partial charge in [-0.15, -0.1) is 0 Å². The highest BCUT2D eigenvalue weighted by atomic mass is 15.2. The summed E-state index contributed by atoms with van der Waals surface area (Å²) in [7, 11) is 0. The molecule has 0 unspecified atom stereocenters. The van der Waals surface area contributed by atoms with Gasteiger partial charge in [-0.2, -0.15) is 5.26 Å². The van der Waals surface area contributed by atoms with Gasteiger partial charge in [0.25, 0.3) is 0 Å². The lowest BCUT2D eigenvalue weighted by molar-refractivity contribution is 0.589. The van der Waals surface area contributed by atoms with Gasteiger partial charge in [0.1, 0.15) is 12.4 Å². The first-order valence-electron chi connectivity index (χ1n) is 36.8. The molecule has 17 aromatic rings. The molecule has 4 aromatic heterocycles. The van der Waals surface area contributed by atoms with Gasteiger partial charge in [0, 0.05) is 50.2 Å². The normalized spacial score (nSPS) is 12.3. The predicted octanol–water partition coefficient (Wildman–Crippen LogP) is 25.8.